The highest BCUT2D eigenvalue weighted by atomic mass is 32.2. The number of aromatic nitrogens is 4. The van der Waals surface area contributed by atoms with Crippen LogP contribution in [0.2, 0.25) is 0 Å². The number of H-pyrrole nitrogens is 1. The van der Waals surface area contributed by atoms with Crippen molar-refractivity contribution in [1.29, 1.82) is 0 Å². The molecule has 51 heavy (non-hydrogen) atoms. The Kier molecular flexibility index (Phi) is 12.7. The number of hydrogen-bond donors (Lipinski definition) is 1. The van der Waals surface area contributed by atoms with E-state index in [0.717, 1.165) is 119 Å². The molecule has 1 aliphatic rings. The molecule has 3 aromatic carbocycles. The first-order chi connectivity index (χ1) is 25.0. The van der Waals surface area contributed by atoms with Gasteiger partial charge in [-0.15, -0.1) is 0 Å². The van der Waals surface area contributed by atoms with Gasteiger partial charge in [0.1, 0.15) is 18.2 Å². The summed E-state index contributed by atoms with van der Waals surface area (Å²) in [4.78, 5) is 16.3. The van der Waals surface area contributed by atoms with Crippen LogP contribution in [0.25, 0.3) is 33.8 Å². The molecular weight excluding hydrogens is 659 g/mol. The van der Waals surface area contributed by atoms with E-state index in [4.69, 9.17) is 19.2 Å². The SMILES string of the molecule is CCCCOCCOc1ccc(-c2ccc3c(c2)/C=C(/c2nc4ccc([S@@](=O)Cc5c(C)ncn5CCC)cc4[nH]2)CCCN3CCOC)cc1. The molecule has 0 unspecified atom stereocenters. The van der Waals surface area contributed by atoms with Crippen LogP contribution >= 0.6 is 0 Å². The van der Waals surface area contributed by atoms with E-state index in [1.165, 1.54) is 5.69 Å². The molecule has 270 valence electrons. The van der Waals surface area contributed by atoms with Crippen LogP contribution in [0.4, 0.5) is 5.69 Å². The van der Waals surface area contributed by atoms with Gasteiger partial charge in [-0.05, 0) is 103 Å². The van der Waals surface area contributed by atoms with E-state index in [0.29, 0.717) is 25.6 Å². The van der Waals surface area contributed by atoms with Gasteiger partial charge in [-0.25, -0.2) is 9.97 Å². The van der Waals surface area contributed by atoms with Crippen LogP contribution in [0.5, 0.6) is 5.75 Å². The lowest BCUT2D eigenvalue weighted by Gasteiger charge is -2.29. The number of anilines is 1. The summed E-state index contributed by atoms with van der Waals surface area (Å²) >= 11 is 0. The van der Waals surface area contributed by atoms with E-state index >= 15 is 0 Å². The van der Waals surface area contributed by atoms with Crippen molar-refractivity contribution in [3.8, 4) is 16.9 Å². The van der Waals surface area contributed by atoms with Crippen molar-refractivity contribution in [1.82, 2.24) is 19.5 Å². The van der Waals surface area contributed by atoms with Crippen LogP contribution in [0.1, 0.15) is 68.7 Å². The van der Waals surface area contributed by atoms with Gasteiger partial charge in [-0.2, -0.15) is 0 Å². The molecule has 10 heteroatoms. The third-order valence-corrected chi connectivity index (χ3v) is 10.7. The Morgan fingerprint density at radius 1 is 0.922 bits per heavy atom. The largest absolute Gasteiger partial charge is 0.491 e. The summed E-state index contributed by atoms with van der Waals surface area (Å²) in [6.45, 7) is 11.5. The summed E-state index contributed by atoms with van der Waals surface area (Å²) < 4.78 is 32.7. The fraction of sp³-hybridized carbons (Fsp3) is 0.415. The Hall–Kier alpha value is -4.25. The van der Waals surface area contributed by atoms with Gasteiger partial charge in [0.15, 0.2) is 0 Å². The van der Waals surface area contributed by atoms with Gasteiger partial charge >= 0.3 is 0 Å². The van der Waals surface area contributed by atoms with Gasteiger partial charge in [0.25, 0.3) is 0 Å². The number of hydrogen-bond acceptors (Lipinski definition) is 7. The van der Waals surface area contributed by atoms with E-state index < -0.39 is 10.8 Å². The van der Waals surface area contributed by atoms with Crippen molar-refractivity contribution in [2.75, 3.05) is 51.5 Å². The minimum absolute atomic E-state index is 0.437. The average Bonchev–Trinajstić information content (AvgIpc) is 3.72. The summed E-state index contributed by atoms with van der Waals surface area (Å²) in [7, 11) is 0.545. The smallest absolute Gasteiger partial charge is 0.134 e. The van der Waals surface area contributed by atoms with Gasteiger partial charge in [-0.3, -0.25) is 4.21 Å². The van der Waals surface area contributed by atoms with Crippen LogP contribution in [0, 0.1) is 6.92 Å². The van der Waals surface area contributed by atoms with Crippen LogP contribution in [-0.4, -0.2) is 70.4 Å². The van der Waals surface area contributed by atoms with Gasteiger partial charge in [0.2, 0.25) is 0 Å². The Balaban J connectivity index is 1.25. The van der Waals surface area contributed by atoms with Gasteiger partial charge in [0, 0.05) is 43.9 Å². The van der Waals surface area contributed by atoms with Crippen LogP contribution < -0.4 is 9.64 Å². The summed E-state index contributed by atoms with van der Waals surface area (Å²) in [5.41, 5.74) is 9.47. The molecule has 1 atom stereocenters. The van der Waals surface area contributed by atoms with Gasteiger partial charge in [0.05, 0.1) is 58.5 Å². The summed E-state index contributed by atoms with van der Waals surface area (Å²) in [6.07, 6.45) is 9.21. The molecule has 1 N–H and O–H groups in total. The number of nitrogens with one attached hydrogen (secondary N) is 1. The molecule has 0 aliphatic carbocycles. The minimum Gasteiger partial charge on any atom is -0.491 e. The monoisotopic (exact) mass is 709 g/mol. The van der Waals surface area contributed by atoms with E-state index in [9.17, 15) is 4.21 Å². The molecule has 0 spiro atoms. The van der Waals surface area contributed by atoms with Crippen LogP contribution in [0.15, 0.2) is 71.9 Å². The van der Waals surface area contributed by atoms with Crippen molar-refractivity contribution in [3.63, 3.8) is 0 Å². The van der Waals surface area contributed by atoms with Crippen LogP contribution in [0.3, 0.4) is 0 Å². The first-order valence-electron chi connectivity index (χ1n) is 18.3. The molecule has 0 fully saturated rings. The van der Waals surface area contributed by atoms with Crippen molar-refractivity contribution in [3.05, 3.63) is 89.8 Å². The highest BCUT2D eigenvalue weighted by Gasteiger charge is 2.19. The van der Waals surface area contributed by atoms with Crippen molar-refractivity contribution < 1.29 is 18.4 Å². The van der Waals surface area contributed by atoms with E-state index in [1.54, 1.807) is 7.11 Å². The number of aryl methyl sites for hydroxylation is 2. The standard InChI is InChI=1S/C41H51N5O4S/c1-5-7-21-49-23-24-50-35-13-10-31(11-14-35)32-12-17-39-34(25-32)26-33(9-8-19-45(39)20-22-48-4)41-43-37-16-15-36(27-38(37)44-41)51(47)28-40-30(3)42-29-46(40)18-6-2/h10-17,25-27,29H,5-9,18-24,28H2,1-4H3,(H,43,44)/b33-26+/t51-/m0/s1. The second kappa shape index (κ2) is 17.8. The Bertz CT molecular complexity index is 1950. The van der Waals surface area contributed by atoms with E-state index in [2.05, 4.69) is 69.7 Å². The maximum absolute atomic E-state index is 13.6. The average molecular weight is 710 g/mol. The highest BCUT2D eigenvalue weighted by molar-refractivity contribution is 7.84. The molecule has 0 bridgehead atoms. The maximum atomic E-state index is 13.6. The second-order valence-corrected chi connectivity index (χ2v) is 14.5. The molecule has 0 radical (unpaired) electrons. The third kappa shape index (κ3) is 9.16. The predicted molar refractivity (Wildman–Crippen MR) is 208 cm³/mol. The molecular formula is C41H51N5O4S. The molecule has 0 saturated heterocycles. The van der Waals surface area contributed by atoms with E-state index in [1.807, 2.05) is 43.6 Å². The molecule has 2 aromatic heterocycles. The number of allylic oxidation sites excluding steroid dienone is 1. The summed E-state index contributed by atoms with van der Waals surface area (Å²) in [5.74, 6) is 2.13. The zero-order valence-corrected chi connectivity index (χ0v) is 31.3. The topological polar surface area (TPSA) is 94.5 Å². The second-order valence-electron chi connectivity index (χ2n) is 13.1. The lowest BCUT2D eigenvalue weighted by Crippen LogP contribution is -2.29. The number of ether oxygens (including phenoxy) is 3. The first kappa shape index (κ1) is 36.5. The van der Waals surface area contributed by atoms with E-state index in [-0.39, 0.29) is 0 Å². The summed E-state index contributed by atoms with van der Waals surface area (Å²) in [6, 6.07) is 20.9. The quantitative estimate of drug-likeness (QED) is 0.0969. The van der Waals surface area contributed by atoms with Gasteiger partial charge < -0.3 is 28.7 Å². The molecule has 1 aliphatic heterocycles. The highest BCUT2D eigenvalue weighted by Crippen LogP contribution is 2.35. The number of benzene rings is 3. The normalized spacial score (nSPS) is 14.9. The number of fused-ring (bicyclic) bond motifs is 2. The number of unbranched alkanes of at least 4 members (excludes halogenated alkanes) is 1. The molecule has 0 amide bonds. The molecule has 5 aromatic rings. The number of nitrogens with zero attached hydrogens (tertiary/aromatic N) is 4. The third-order valence-electron chi connectivity index (χ3n) is 9.37. The molecule has 0 saturated carbocycles. The number of aromatic amines is 1. The van der Waals surface area contributed by atoms with Crippen LogP contribution in [-0.2, 0) is 32.6 Å². The minimum atomic E-state index is -1.21. The number of rotatable bonds is 17. The number of imidazole rings is 2. The Morgan fingerprint density at radius 3 is 2.57 bits per heavy atom. The molecule has 6 rings (SSSR count). The fourth-order valence-corrected chi connectivity index (χ4v) is 7.79. The zero-order valence-electron chi connectivity index (χ0n) is 30.5. The Morgan fingerprint density at radius 2 is 1.76 bits per heavy atom. The zero-order chi connectivity index (χ0) is 35.6. The molecule has 3 heterocycles. The van der Waals surface area contributed by atoms with Crippen molar-refractivity contribution >= 4 is 39.2 Å². The lowest BCUT2D eigenvalue weighted by atomic mass is 9.96. The van der Waals surface area contributed by atoms with Gasteiger partial charge in [-0.1, -0.05) is 38.5 Å². The lowest BCUT2D eigenvalue weighted by molar-refractivity contribution is 0.0981. The van der Waals surface area contributed by atoms with Crippen molar-refractivity contribution in [2.24, 2.45) is 0 Å². The maximum Gasteiger partial charge on any atom is 0.134 e. The summed E-state index contributed by atoms with van der Waals surface area (Å²) in [5, 5.41) is 0. The molecule has 9 nitrogen and oxygen atoms in total. The van der Waals surface area contributed by atoms with Crippen molar-refractivity contribution in [2.45, 2.75) is 70.1 Å². The Labute approximate surface area is 304 Å². The number of methoxy groups -OCH3 is 1. The first-order valence-corrected chi connectivity index (χ1v) is 19.6. The fourth-order valence-electron chi connectivity index (χ4n) is 6.53. The predicted octanol–water partition coefficient (Wildman–Crippen LogP) is 8.44.